The number of hydrogen-bond acceptors (Lipinski definition) is 6. The molecule has 3 aliphatic rings. The molecule has 0 radical (unpaired) electrons. The second-order valence-electron chi connectivity index (χ2n) is 16.9. The molecule has 2 saturated carbocycles. The van der Waals surface area contributed by atoms with E-state index in [2.05, 4.69) is 29.8 Å². The van der Waals surface area contributed by atoms with Crippen LogP contribution < -0.4 is 21.7 Å². The maximum absolute atomic E-state index is 14.4. The normalized spacial score (nSPS) is 24.1. The van der Waals surface area contributed by atoms with Crippen molar-refractivity contribution >= 4 is 40.5 Å². The standard InChI is InChI=1S/C36H56N6O6S/c1-34(2,3)25(20-41(9)49(48)22-16-11-10-12-17-22)39-33(47)40-29(35(4,5)6)32(46)42-19-23-26(36(23,7)8)27(42)31(45)38-24(28(43)30(37)44)18-21-14-13-15-21/h10-12,16-17,21,23-27,29H,13-15,18-20H2,1-9H3,(H2,37,44)(H,38,45)(H2,39,40,47)/t23-,24?,25+,26-,27-,29+,49?/m0/s1. The average molecular weight is 701 g/mol. The largest absolute Gasteiger partial charge is 0.363 e. The number of amides is 5. The van der Waals surface area contributed by atoms with Crippen molar-refractivity contribution in [3.63, 3.8) is 0 Å². The molecule has 1 aromatic rings. The molecule has 4 rings (SSSR count). The van der Waals surface area contributed by atoms with Crippen LogP contribution in [0.4, 0.5) is 4.79 Å². The number of rotatable bonds is 13. The Kier molecular flexibility index (Phi) is 11.4. The SMILES string of the molecule is CN(C[C@@H](NC(=O)N[C@H](C(=O)N1C[C@H]2[C@@H]([C@H]1C(=O)NC(CC1CCC1)C(=O)C(N)=O)C2(C)C)C(C)(C)C)C(C)(C)C)S(=O)c1ccccc1. The lowest BCUT2D eigenvalue weighted by atomic mass is 9.80. The minimum Gasteiger partial charge on any atom is -0.363 e. The maximum Gasteiger partial charge on any atom is 0.315 e. The van der Waals surface area contributed by atoms with Crippen molar-refractivity contribution in [3.05, 3.63) is 30.3 Å². The summed E-state index contributed by atoms with van der Waals surface area (Å²) < 4.78 is 14.9. The lowest BCUT2D eigenvalue weighted by Crippen LogP contribution is -2.62. The van der Waals surface area contributed by atoms with E-state index in [9.17, 15) is 28.2 Å². The summed E-state index contributed by atoms with van der Waals surface area (Å²) in [6.07, 6.45) is 3.21. The first-order valence-corrected chi connectivity index (χ1v) is 18.4. The number of ketones is 1. The van der Waals surface area contributed by atoms with E-state index in [0.29, 0.717) is 17.9 Å². The van der Waals surface area contributed by atoms with Crippen LogP contribution in [0.3, 0.4) is 0 Å². The summed E-state index contributed by atoms with van der Waals surface area (Å²) in [5, 5.41) is 8.75. The Balaban J connectivity index is 1.51. The molecule has 3 fully saturated rings. The molecule has 1 heterocycles. The topological polar surface area (TPSA) is 171 Å². The van der Waals surface area contributed by atoms with Crippen molar-refractivity contribution in [2.75, 3.05) is 20.1 Å². The Morgan fingerprint density at radius 3 is 2.10 bits per heavy atom. The van der Waals surface area contributed by atoms with Gasteiger partial charge in [0.15, 0.2) is 0 Å². The number of hydrogen-bond donors (Lipinski definition) is 4. The highest BCUT2D eigenvalue weighted by Crippen LogP contribution is 2.65. The van der Waals surface area contributed by atoms with E-state index in [1.165, 1.54) is 0 Å². The molecular weight excluding hydrogens is 644 g/mol. The van der Waals surface area contributed by atoms with Gasteiger partial charge in [-0.05, 0) is 52.6 Å². The zero-order valence-corrected chi connectivity index (χ0v) is 31.3. The van der Waals surface area contributed by atoms with Crippen LogP contribution in [-0.4, -0.2) is 87.3 Å². The van der Waals surface area contributed by atoms with Crippen LogP contribution in [0.2, 0.25) is 0 Å². The van der Waals surface area contributed by atoms with Crippen LogP contribution in [0.15, 0.2) is 35.2 Å². The third kappa shape index (κ3) is 8.71. The number of nitrogens with zero attached hydrogens (tertiary/aromatic N) is 2. The fourth-order valence-corrected chi connectivity index (χ4v) is 8.29. The van der Waals surface area contributed by atoms with E-state index in [4.69, 9.17) is 5.73 Å². The van der Waals surface area contributed by atoms with Crippen LogP contribution >= 0.6 is 0 Å². The van der Waals surface area contributed by atoms with Gasteiger partial charge in [0.25, 0.3) is 5.91 Å². The monoisotopic (exact) mass is 700 g/mol. The number of primary amides is 1. The fourth-order valence-electron chi connectivity index (χ4n) is 7.26. The number of likely N-dealkylation sites (tertiary alicyclic amines) is 1. The zero-order chi connectivity index (χ0) is 36.6. The van der Waals surface area contributed by atoms with Gasteiger partial charge in [0.1, 0.15) is 23.1 Å². The molecule has 0 spiro atoms. The van der Waals surface area contributed by atoms with Gasteiger partial charge >= 0.3 is 6.03 Å². The number of nitrogens with one attached hydrogen (secondary N) is 3. The highest BCUT2D eigenvalue weighted by atomic mass is 32.2. The first-order chi connectivity index (χ1) is 22.6. The van der Waals surface area contributed by atoms with Crippen LogP contribution in [0.5, 0.6) is 0 Å². The highest BCUT2D eigenvalue weighted by molar-refractivity contribution is 7.82. The van der Waals surface area contributed by atoms with Gasteiger partial charge in [-0.2, -0.15) is 0 Å². The van der Waals surface area contributed by atoms with E-state index in [1.807, 2.05) is 59.7 Å². The van der Waals surface area contributed by atoms with Gasteiger partial charge in [0.05, 0.1) is 10.9 Å². The number of benzene rings is 1. The summed E-state index contributed by atoms with van der Waals surface area (Å²) in [5.41, 5.74) is 4.01. The fraction of sp³-hybridized carbons (Fsp3) is 0.694. The minimum absolute atomic E-state index is 0.0739. The number of fused-ring (bicyclic) bond motifs is 1. The molecule has 1 aliphatic heterocycles. The lowest BCUT2D eigenvalue weighted by Gasteiger charge is -2.39. The predicted octanol–water partition coefficient (Wildman–Crippen LogP) is 2.98. The number of nitrogens with two attached hydrogens (primary N) is 1. The molecule has 2 unspecified atom stereocenters. The molecule has 13 heteroatoms. The van der Waals surface area contributed by atoms with Crippen molar-refractivity contribution in [2.45, 2.75) is 110 Å². The zero-order valence-electron chi connectivity index (χ0n) is 30.5. The summed E-state index contributed by atoms with van der Waals surface area (Å²) in [5.74, 6) is -2.64. The Hall–Kier alpha value is -3.32. The van der Waals surface area contributed by atoms with Gasteiger partial charge in [0.2, 0.25) is 17.6 Å². The van der Waals surface area contributed by atoms with Gasteiger partial charge < -0.3 is 26.6 Å². The molecule has 5 amide bonds. The van der Waals surface area contributed by atoms with E-state index < -0.39 is 75.5 Å². The molecule has 1 aromatic carbocycles. The van der Waals surface area contributed by atoms with Gasteiger partial charge in [-0.25, -0.2) is 13.3 Å². The van der Waals surface area contributed by atoms with Crippen molar-refractivity contribution in [3.8, 4) is 0 Å². The molecular formula is C36H56N6O6S. The molecule has 49 heavy (non-hydrogen) atoms. The minimum atomic E-state index is -1.44. The molecule has 0 bridgehead atoms. The van der Waals surface area contributed by atoms with Crippen molar-refractivity contribution in [1.82, 2.24) is 25.2 Å². The van der Waals surface area contributed by atoms with Crippen LogP contribution in [0.1, 0.15) is 81.1 Å². The van der Waals surface area contributed by atoms with Gasteiger partial charge in [-0.3, -0.25) is 19.2 Å². The summed E-state index contributed by atoms with van der Waals surface area (Å²) in [6, 6.07) is 5.21. The summed E-state index contributed by atoms with van der Waals surface area (Å²) in [4.78, 5) is 68.9. The van der Waals surface area contributed by atoms with Crippen molar-refractivity contribution in [1.29, 1.82) is 0 Å². The van der Waals surface area contributed by atoms with Crippen LogP contribution in [-0.2, 0) is 30.2 Å². The summed E-state index contributed by atoms with van der Waals surface area (Å²) in [7, 11) is 0.297. The Bertz CT molecular complexity index is 1450. The van der Waals surface area contributed by atoms with Gasteiger partial charge in [0, 0.05) is 26.2 Å². The summed E-state index contributed by atoms with van der Waals surface area (Å²) in [6.45, 7) is 16.2. The van der Waals surface area contributed by atoms with Crippen molar-refractivity contribution in [2.24, 2.45) is 39.7 Å². The number of carbonyl (C=O) groups excluding carboxylic acids is 5. The second-order valence-corrected chi connectivity index (χ2v) is 18.5. The first-order valence-electron chi connectivity index (χ1n) is 17.3. The Morgan fingerprint density at radius 2 is 1.59 bits per heavy atom. The Labute approximate surface area is 293 Å². The molecule has 7 atom stereocenters. The second kappa shape index (κ2) is 14.5. The van der Waals surface area contributed by atoms with Gasteiger partial charge in [-0.15, -0.1) is 0 Å². The molecule has 0 aromatic heterocycles. The number of likely N-dealkylation sites (N-methyl/N-ethyl adjacent to an activating group) is 1. The maximum atomic E-state index is 14.4. The molecule has 2 aliphatic carbocycles. The first kappa shape index (κ1) is 38.5. The van der Waals surface area contributed by atoms with Crippen molar-refractivity contribution < 1.29 is 28.2 Å². The number of urea groups is 1. The van der Waals surface area contributed by atoms with Crippen LogP contribution in [0.25, 0.3) is 0 Å². The predicted molar refractivity (Wildman–Crippen MR) is 188 cm³/mol. The smallest absolute Gasteiger partial charge is 0.315 e. The number of Topliss-reactive ketones (excluding diaryl/α,β-unsaturated/α-hetero) is 1. The van der Waals surface area contributed by atoms with E-state index in [1.54, 1.807) is 28.4 Å². The Morgan fingerprint density at radius 1 is 0.980 bits per heavy atom. The average Bonchev–Trinajstić information content (AvgIpc) is 3.30. The number of piperidine rings is 1. The third-order valence-electron chi connectivity index (χ3n) is 10.8. The van der Waals surface area contributed by atoms with Crippen LogP contribution in [0, 0.1) is 34.0 Å². The molecule has 5 N–H and O–H groups in total. The van der Waals surface area contributed by atoms with E-state index in [-0.39, 0.29) is 29.7 Å². The van der Waals surface area contributed by atoms with E-state index in [0.717, 1.165) is 19.3 Å². The third-order valence-corrected chi connectivity index (χ3v) is 12.2. The quantitative estimate of drug-likeness (QED) is 0.231. The molecule has 272 valence electrons. The molecule has 12 nitrogen and oxygen atoms in total. The lowest BCUT2D eigenvalue weighted by molar-refractivity contribution is -0.145. The molecule has 1 saturated heterocycles. The highest BCUT2D eigenvalue weighted by Gasteiger charge is 2.70. The summed E-state index contributed by atoms with van der Waals surface area (Å²) >= 11 is 0. The van der Waals surface area contributed by atoms with E-state index >= 15 is 0 Å². The number of carbonyl (C=O) groups is 5. The van der Waals surface area contributed by atoms with Gasteiger partial charge in [-0.1, -0.05) is 92.9 Å².